The van der Waals surface area contributed by atoms with E-state index in [-0.39, 0.29) is 6.61 Å². The van der Waals surface area contributed by atoms with Crippen LogP contribution in [0.2, 0.25) is 0 Å². The summed E-state index contributed by atoms with van der Waals surface area (Å²) >= 11 is 0. The summed E-state index contributed by atoms with van der Waals surface area (Å²) in [6.07, 6.45) is -1.21. The number of hydrogen-bond acceptors (Lipinski definition) is 8. The number of aromatic nitrogens is 2. The Bertz CT molecular complexity index is 1050. The highest BCUT2D eigenvalue weighted by Gasteiger charge is 2.64. The Kier molecular flexibility index (Phi) is 5.10. The summed E-state index contributed by atoms with van der Waals surface area (Å²) in [7, 11) is 0. The van der Waals surface area contributed by atoms with Gasteiger partial charge in [0.1, 0.15) is 24.9 Å². The number of carbonyl (C=O) groups excluding carboxylic acids is 1. The van der Waals surface area contributed by atoms with E-state index in [2.05, 4.69) is 4.98 Å². The van der Waals surface area contributed by atoms with Gasteiger partial charge < -0.3 is 24.1 Å². The van der Waals surface area contributed by atoms with E-state index < -0.39 is 53.6 Å². The number of benzene rings is 1. The topological polar surface area (TPSA) is 129 Å². The number of hydrogen-bond donors (Lipinski definition) is 2. The summed E-state index contributed by atoms with van der Waals surface area (Å²) in [6.45, 7) is 2.56. The van der Waals surface area contributed by atoms with Gasteiger partial charge in [-0.15, -0.1) is 0 Å². The summed E-state index contributed by atoms with van der Waals surface area (Å²) in [5.74, 6) is -1.57. The van der Waals surface area contributed by atoms with E-state index >= 15 is 0 Å². The van der Waals surface area contributed by atoms with Crippen molar-refractivity contribution in [1.82, 2.24) is 9.55 Å². The number of aliphatic hydroxyl groups is 1. The molecule has 2 N–H and O–H groups in total. The minimum absolute atomic E-state index is 0.186. The van der Waals surface area contributed by atoms with Gasteiger partial charge in [-0.2, -0.15) is 0 Å². The predicted molar refractivity (Wildman–Crippen MR) is 102 cm³/mol. The zero-order chi connectivity index (χ0) is 21.5. The SMILES string of the molecule is CC1(C)O[C@H]2[C@@H](O1)[C@](CO)(n1ccc(=O)[nH]c1=O)O[C@@H]2COC(=O)c1ccccc1. The average Bonchev–Trinajstić information content (AvgIpc) is 3.18. The molecule has 4 rings (SSSR count). The van der Waals surface area contributed by atoms with Crippen molar-refractivity contribution in [2.45, 2.75) is 43.7 Å². The first-order valence-electron chi connectivity index (χ1n) is 9.45. The second-order valence-corrected chi connectivity index (χ2v) is 7.62. The molecule has 10 heteroatoms. The lowest BCUT2D eigenvalue weighted by Crippen LogP contribution is -2.54. The van der Waals surface area contributed by atoms with Crippen LogP contribution in [0, 0.1) is 0 Å². The third kappa shape index (κ3) is 3.47. The molecule has 0 aliphatic carbocycles. The zero-order valence-electron chi connectivity index (χ0n) is 16.4. The lowest BCUT2D eigenvalue weighted by Gasteiger charge is -2.34. The summed E-state index contributed by atoms with van der Waals surface area (Å²) in [5, 5.41) is 10.2. The van der Waals surface area contributed by atoms with Gasteiger partial charge in [0.25, 0.3) is 5.56 Å². The summed E-state index contributed by atoms with van der Waals surface area (Å²) < 4.78 is 24.3. The molecule has 2 aliphatic heterocycles. The van der Waals surface area contributed by atoms with Gasteiger partial charge in [0.15, 0.2) is 5.79 Å². The number of rotatable bonds is 5. The molecule has 3 heterocycles. The second-order valence-electron chi connectivity index (χ2n) is 7.62. The minimum atomic E-state index is -1.66. The Morgan fingerprint density at radius 2 is 1.90 bits per heavy atom. The Morgan fingerprint density at radius 3 is 2.57 bits per heavy atom. The number of aliphatic hydroxyl groups excluding tert-OH is 1. The molecular weight excluding hydrogens is 396 g/mol. The number of ether oxygens (including phenoxy) is 4. The second kappa shape index (κ2) is 7.47. The van der Waals surface area contributed by atoms with Crippen molar-refractivity contribution in [3.05, 3.63) is 69.0 Å². The minimum Gasteiger partial charge on any atom is -0.459 e. The van der Waals surface area contributed by atoms with Crippen molar-refractivity contribution in [2.75, 3.05) is 13.2 Å². The van der Waals surface area contributed by atoms with Gasteiger partial charge in [0.2, 0.25) is 5.72 Å². The number of nitrogens with one attached hydrogen (secondary N) is 1. The Morgan fingerprint density at radius 1 is 1.17 bits per heavy atom. The van der Waals surface area contributed by atoms with E-state index in [4.69, 9.17) is 18.9 Å². The molecule has 2 saturated heterocycles. The Labute approximate surface area is 171 Å². The molecule has 0 unspecified atom stereocenters. The van der Waals surface area contributed by atoms with Crippen LogP contribution in [0.1, 0.15) is 24.2 Å². The number of aromatic amines is 1. The standard InChI is InChI=1S/C20H22N2O8/c1-19(2)29-15-13(10-27-17(25)12-6-4-3-5-7-12)28-20(11-23,16(15)30-19)22-9-8-14(24)21-18(22)26/h3-9,13,15-16,23H,10-11H2,1-2H3,(H,21,24,26)/t13-,15-,16-,20-/m1/s1. The van der Waals surface area contributed by atoms with Crippen LogP contribution in [-0.2, 0) is 24.7 Å². The Balaban J connectivity index is 1.64. The van der Waals surface area contributed by atoms with Gasteiger partial charge in [0, 0.05) is 12.3 Å². The van der Waals surface area contributed by atoms with Crippen LogP contribution in [0.4, 0.5) is 0 Å². The zero-order valence-corrected chi connectivity index (χ0v) is 16.4. The van der Waals surface area contributed by atoms with E-state index in [9.17, 15) is 19.5 Å². The summed E-state index contributed by atoms with van der Waals surface area (Å²) in [4.78, 5) is 38.4. The fourth-order valence-corrected chi connectivity index (χ4v) is 3.86. The maximum Gasteiger partial charge on any atom is 0.338 e. The molecule has 0 radical (unpaired) electrons. The van der Waals surface area contributed by atoms with E-state index in [0.29, 0.717) is 5.56 Å². The highest BCUT2D eigenvalue weighted by molar-refractivity contribution is 5.89. The van der Waals surface area contributed by atoms with E-state index in [1.165, 1.54) is 6.20 Å². The van der Waals surface area contributed by atoms with Crippen LogP contribution in [0.15, 0.2) is 52.2 Å². The molecule has 1 aromatic heterocycles. The van der Waals surface area contributed by atoms with E-state index in [1.54, 1.807) is 44.2 Å². The molecule has 2 aromatic rings. The van der Waals surface area contributed by atoms with Gasteiger partial charge in [0.05, 0.1) is 12.2 Å². The first-order chi connectivity index (χ1) is 14.3. The number of carbonyl (C=O) groups is 1. The molecule has 2 fully saturated rings. The molecule has 0 amide bonds. The molecule has 0 spiro atoms. The van der Waals surface area contributed by atoms with Gasteiger partial charge in [-0.3, -0.25) is 14.3 Å². The molecule has 0 bridgehead atoms. The van der Waals surface area contributed by atoms with Crippen molar-refractivity contribution < 1.29 is 28.8 Å². The third-order valence-corrected chi connectivity index (χ3v) is 5.14. The van der Waals surface area contributed by atoms with Crippen LogP contribution < -0.4 is 11.2 Å². The van der Waals surface area contributed by atoms with Gasteiger partial charge >= 0.3 is 11.7 Å². The van der Waals surface area contributed by atoms with E-state index in [0.717, 1.165) is 10.6 Å². The van der Waals surface area contributed by atoms with Gasteiger partial charge in [-0.1, -0.05) is 18.2 Å². The quantitative estimate of drug-likeness (QED) is 0.647. The highest BCUT2D eigenvalue weighted by atomic mass is 16.8. The monoisotopic (exact) mass is 418 g/mol. The van der Waals surface area contributed by atoms with Crippen LogP contribution >= 0.6 is 0 Å². The lowest BCUT2D eigenvalue weighted by atomic mass is 10.0. The van der Waals surface area contributed by atoms with Crippen molar-refractivity contribution in [1.29, 1.82) is 0 Å². The van der Waals surface area contributed by atoms with Crippen molar-refractivity contribution >= 4 is 5.97 Å². The number of fused-ring (bicyclic) bond motifs is 1. The maximum absolute atomic E-state index is 12.4. The fourth-order valence-electron chi connectivity index (χ4n) is 3.86. The lowest BCUT2D eigenvalue weighted by molar-refractivity contribution is -0.244. The van der Waals surface area contributed by atoms with Crippen LogP contribution in [-0.4, -0.2) is 57.9 Å². The van der Waals surface area contributed by atoms with Crippen LogP contribution in [0.25, 0.3) is 0 Å². The van der Waals surface area contributed by atoms with Gasteiger partial charge in [-0.05, 0) is 26.0 Å². The summed E-state index contributed by atoms with van der Waals surface area (Å²) in [5.41, 5.74) is -2.65. The first kappa shape index (κ1) is 20.5. The van der Waals surface area contributed by atoms with E-state index in [1.807, 2.05) is 0 Å². The van der Waals surface area contributed by atoms with Crippen LogP contribution in [0.5, 0.6) is 0 Å². The molecule has 10 nitrogen and oxygen atoms in total. The number of esters is 1. The number of H-pyrrole nitrogens is 1. The van der Waals surface area contributed by atoms with Crippen molar-refractivity contribution in [2.24, 2.45) is 0 Å². The molecule has 160 valence electrons. The normalized spacial score (nSPS) is 29.5. The van der Waals surface area contributed by atoms with Crippen LogP contribution in [0.3, 0.4) is 0 Å². The largest absolute Gasteiger partial charge is 0.459 e. The smallest absolute Gasteiger partial charge is 0.338 e. The first-order valence-corrected chi connectivity index (χ1v) is 9.45. The highest BCUT2D eigenvalue weighted by Crippen LogP contribution is 2.46. The summed E-state index contributed by atoms with van der Waals surface area (Å²) in [6, 6.07) is 9.60. The maximum atomic E-state index is 12.4. The van der Waals surface area contributed by atoms with Crippen molar-refractivity contribution in [3.8, 4) is 0 Å². The molecule has 0 saturated carbocycles. The molecule has 1 aromatic carbocycles. The molecule has 2 aliphatic rings. The van der Waals surface area contributed by atoms with Crippen molar-refractivity contribution in [3.63, 3.8) is 0 Å². The third-order valence-electron chi connectivity index (χ3n) is 5.14. The predicted octanol–water partition coefficient (Wildman–Crippen LogP) is -0.0424. The average molecular weight is 418 g/mol. The van der Waals surface area contributed by atoms with Gasteiger partial charge in [-0.25, -0.2) is 9.59 Å². The molecule has 4 atom stereocenters. The molecule has 30 heavy (non-hydrogen) atoms. The molecular formula is C20H22N2O8. The Hall–Kier alpha value is -2.79. The number of nitrogens with zero attached hydrogens (tertiary/aromatic N) is 1. The fraction of sp³-hybridized carbons (Fsp3) is 0.450.